The lowest BCUT2D eigenvalue weighted by Gasteiger charge is -2.18. The molecule has 1 unspecified atom stereocenters. The molecule has 1 heterocycles. The summed E-state index contributed by atoms with van der Waals surface area (Å²) in [5, 5.41) is 9.31. The minimum atomic E-state index is -4.81. The van der Waals surface area contributed by atoms with E-state index < -0.39 is 32.7 Å². The van der Waals surface area contributed by atoms with Crippen LogP contribution in [0.5, 0.6) is 0 Å². The number of hydrogen-bond donors (Lipinski definition) is 0. The molecule has 0 saturated carbocycles. The first kappa shape index (κ1) is 14.4. The molecule has 0 spiro atoms. The SMILES string of the molecule is Cc1ccc([N+](=O)[O-])cc1N1CC(S(=O)(=O)F)CC1=O. The number of rotatable bonds is 3. The van der Waals surface area contributed by atoms with E-state index in [0.717, 1.165) is 4.90 Å². The number of hydrogen-bond acceptors (Lipinski definition) is 5. The molecule has 1 saturated heterocycles. The van der Waals surface area contributed by atoms with Crippen LogP contribution < -0.4 is 4.90 Å². The Morgan fingerprint density at radius 1 is 1.45 bits per heavy atom. The van der Waals surface area contributed by atoms with Gasteiger partial charge in [-0.05, 0) is 12.5 Å². The number of benzene rings is 1. The molecule has 2 rings (SSSR count). The summed E-state index contributed by atoms with van der Waals surface area (Å²) in [6.45, 7) is 1.29. The van der Waals surface area contributed by atoms with Gasteiger partial charge in [-0.2, -0.15) is 8.42 Å². The third-order valence-corrected chi connectivity index (χ3v) is 4.29. The number of carbonyl (C=O) groups is 1. The molecule has 0 aliphatic carbocycles. The van der Waals surface area contributed by atoms with E-state index >= 15 is 0 Å². The average Bonchev–Trinajstić information content (AvgIpc) is 2.71. The van der Waals surface area contributed by atoms with Gasteiger partial charge >= 0.3 is 10.2 Å². The summed E-state index contributed by atoms with van der Waals surface area (Å²) in [4.78, 5) is 23.0. The highest BCUT2D eigenvalue weighted by atomic mass is 32.3. The molecule has 1 aliphatic heterocycles. The summed E-state index contributed by atoms with van der Waals surface area (Å²) in [6.07, 6.45) is -0.457. The molecular weight excluding hydrogens is 291 g/mol. The number of nitro benzene ring substituents is 1. The third-order valence-electron chi connectivity index (χ3n) is 3.18. The van der Waals surface area contributed by atoms with Gasteiger partial charge in [0.15, 0.2) is 0 Å². The van der Waals surface area contributed by atoms with E-state index in [9.17, 15) is 27.2 Å². The molecule has 1 atom stereocenters. The van der Waals surface area contributed by atoms with Crippen molar-refractivity contribution in [2.24, 2.45) is 0 Å². The van der Waals surface area contributed by atoms with Crippen molar-refractivity contribution in [2.75, 3.05) is 11.4 Å². The van der Waals surface area contributed by atoms with Gasteiger partial charge < -0.3 is 4.90 Å². The Morgan fingerprint density at radius 3 is 2.60 bits per heavy atom. The van der Waals surface area contributed by atoms with Gasteiger partial charge in [0.1, 0.15) is 5.25 Å². The predicted molar refractivity (Wildman–Crippen MR) is 68.6 cm³/mol. The lowest BCUT2D eigenvalue weighted by atomic mass is 10.1. The van der Waals surface area contributed by atoms with Crippen molar-refractivity contribution in [2.45, 2.75) is 18.6 Å². The monoisotopic (exact) mass is 302 g/mol. The summed E-state index contributed by atoms with van der Waals surface area (Å²) in [5.41, 5.74) is 0.584. The first-order valence-electron chi connectivity index (χ1n) is 5.69. The highest BCUT2D eigenvalue weighted by molar-refractivity contribution is 7.87. The fraction of sp³-hybridized carbons (Fsp3) is 0.364. The minimum absolute atomic E-state index is 0.218. The molecule has 0 bridgehead atoms. The maximum absolute atomic E-state index is 12.9. The van der Waals surface area contributed by atoms with E-state index in [0.29, 0.717) is 5.56 Å². The van der Waals surface area contributed by atoms with E-state index in [1.165, 1.54) is 18.2 Å². The minimum Gasteiger partial charge on any atom is -0.310 e. The second-order valence-corrected chi connectivity index (χ2v) is 6.15. The molecule has 0 N–H and O–H groups in total. The van der Waals surface area contributed by atoms with E-state index in [-0.39, 0.29) is 17.9 Å². The van der Waals surface area contributed by atoms with Gasteiger partial charge in [0.25, 0.3) is 5.69 Å². The van der Waals surface area contributed by atoms with Crippen LogP contribution in [0.1, 0.15) is 12.0 Å². The Morgan fingerprint density at radius 2 is 2.10 bits per heavy atom. The van der Waals surface area contributed by atoms with Crippen LogP contribution in [-0.4, -0.2) is 31.0 Å². The van der Waals surface area contributed by atoms with E-state index in [2.05, 4.69) is 0 Å². The lowest BCUT2D eigenvalue weighted by Crippen LogP contribution is -2.27. The summed E-state index contributed by atoms with van der Waals surface area (Å²) < 4.78 is 34.7. The Hall–Kier alpha value is -2.03. The number of non-ortho nitro benzene ring substituents is 1. The van der Waals surface area contributed by atoms with Crippen LogP contribution in [0, 0.1) is 17.0 Å². The van der Waals surface area contributed by atoms with Crippen molar-refractivity contribution < 1.29 is 22.0 Å². The Kier molecular flexibility index (Phi) is 3.46. The molecule has 1 aromatic rings. The molecule has 1 fully saturated rings. The van der Waals surface area contributed by atoms with Crippen LogP contribution in [0.2, 0.25) is 0 Å². The molecule has 0 aromatic heterocycles. The van der Waals surface area contributed by atoms with Gasteiger partial charge in [-0.1, -0.05) is 6.07 Å². The van der Waals surface area contributed by atoms with Crippen molar-refractivity contribution >= 4 is 27.5 Å². The highest BCUT2D eigenvalue weighted by Crippen LogP contribution is 2.31. The number of carbonyl (C=O) groups excluding carboxylic acids is 1. The topological polar surface area (TPSA) is 97.6 Å². The largest absolute Gasteiger partial charge is 0.310 e. The predicted octanol–water partition coefficient (Wildman–Crippen LogP) is 1.31. The molecule has 1 aromatic carbocycles. The molecule has 0 radical (unpaired) electrons. The standard InChI is InChI=1S/C11H11FN2O5S/c1-7-2-3-8(14(16)17)4-10(7)13-6-9(5-11(13)15)20(12,18)19/h2-4,9H,5-6H2,1H3. The van der Waals surface area contributed by atoms with Gasteiger partial charge in [0.05, 0.1) is 10.6 Å². The molecular formula is C11H11FN2O5S. The molecule has 20 heavy (non-hydrogen) atoms. The van der Waals surface area contributed by atoms with Crippen molar-refractivity contribution in [3.8, 4) is 0 Å². The average molecular weight is 302 g/mol. The van der Waals surface area contributed by atoms with Crippen molar-refractivity contribution in [1.29, 1.82) is 0 Å². The number of amides is 1. The van der Waals surface area contributed by atoms with Gasteiger partial charge in [-0.3, -0.25) is 14.9 Å². The number of aryl methyl sites for hydroxylation is 1. The molecule has 9 heteroatoms. The van der Waals surface area contributed by atoms with Crippen LogP contribution in [0.4, 0.5) is 15.3 Å². The number of nitro groups is 1. The fourth-order valence-electron chi connectivity index (χ4n) is 2.10. The molecule has 1 amide bonds. The zero-order valence-corrected chi connectivity index (χ0v) is 11.3. The van der Waals surface area contributed by atoms with Gasteiger partial charge in [-0.15, -0.1) is 3.89 Å². The number of nitrogens with zero attached hydrogens (tertiary/aromatic N) is 2. The number of anilines is 1. The Bertz CT molecular complexity index is 688. The first-order chi connectivity index (χ1) is 9.20. The maximum Gasteiger partial charge on any atom is 0.307 e. The quantitative estimate of drug-likeness (QED) is 0.476. The normalized spacial score (nSPS) is 19.4. The first-order valence-corrected chi connectivity index (χ1v) is 7.13. The van der Waals surface area contributed by atoms with E-state index in [1.807, 2.05) is 0 Å². The zero-order chi connectivity index (χ0) is 15.1. The maximum atomic E-state index is 12.9. The van der Waals surface area contributed by atoms with Crippen LogP contribution in [0.3, 0.4) is 0 Å². The summed E-state index contributed by atoms with van der Waals surface area (Å²) in [5.74, 6) is -0.570. The van der Waals surface area contributed by atoms with E-state index in [4.69, 9.17) is 0 Å². The molecule has 108 valence electrons. The Labute approximate surface area is 114 Å². The zero-order valence-electron chi connectivity index (χ0n) is 10.4. The Balaban J connectivity index is 2.40. The molecule has 7 nitrogen and oxygen atoms in total. The third kappa shape index (κ3) is 2.62. The summed E-state index contributed by atoms with van der Waals surface area (Å²) >= 11 is 0. The summed E-state index contributed by atoms with van der Waals surface area (Å²) in [7, 11) is -4.81. The van der Waals surface area contributed by atoms with Crippen molar-refractivity contribution in [1.82, 2.24) is 0 Å². The smallest absolute Gasteiger partial charge is 0.307 e. The van der Waals surface area contributed by atoms with Crippen LogP contribution >= 0.6 is 0 Å². The van der Waals surface area contributed by atoms with Crippen LogP contribution in [0.15, 0.2) is 18.2 Å². The second-order valence-electron chi connectivity index (χ2n) is 4.53. The van der Waals surface area contributed by atoms with Gasteiger partial charge in [0.2, 0.25) is 5.91 Å². The lowest BCUT2D eigenvalue weighted by molar-refractivity contribution is -0.384. The van der Waals surface area contributed by atoms with E-state index in [1.54, 1.807) is 6.92 Å². The number of halogens is 1. The van der Waals surface area contributed by atoms with Gasteiger partial charge in [0, 0.05) is 25.1 Å². The van der Waals surface area contributed by atoms with Gasteiger partial charge in [-0.25, -0.2) is 0 Å². The van der Waals surface area contributed by atoms with Crippen LogP contribution in [-0.2, 0) is 15.0 Å². The van der Waals surface area contributed by atoms with Crippen molar-refractivity contribution in [3.05, 3.63) is 33.9 Å². The molecule has 1 aliphatic rings. The fourth-order valence-corrected chi connectivity index (χ4v) is 2.77. The van der Waals surface area contributed by atoms with Crippen molar-refractivity contribution in [3.63, 3.8) is 0 Å². The summed E-state index contributed by atoms with van der Waals surface area (Å²) in [6, 6.07) is 3.92. The van der Waals surface area contributed by atoms with Crippen LogP contribution in [0.25, 0.3) is 0 Å². The second kappa shape index (κ2) is 4.82. The highest BCUT2D eigenvalue weighted by Gasteiger charge is 2.39.